The summed E-state index contributed by atoms with van der Waals surface area (Å²) in [5, 5.41) is 14.3. The Morgan fingerprint density at radius 1 is 1.06 bits per heavy atom. The fourth-order valence-corrected chi connectivity index (χ4v) is 3.72. The van der Waals surface area contributed by atoms with Crippen molar-refractivity contribution in [2.24, 2.45) is 5.92 Å². The Labute approximate surface area is 194 Å². The zero-order valence-corrected chi connectivity index (χ0v) is 18.7. The molecule has 0 saturated heterocycles. The molecule has 3 rings (SSSR count). The van der Waals surface area contributed by atoms with E-state index in [1.165, 1.54) is 18.2 Å². The molecule has 0 saturated carbocycles. The summed E-state index contributed by atoms with van der Waals surface area (Å²) in [5.41, 5.74) is 2.69. The van der Waals surface area contributed by atoms with Gasteiger partial charge in [0.25, 0.3) is 5.91 Å². The van der Waals surface area contributed by atoms with Gasteiger partial charge in [-0.25, -0.2) is 9.87 Å². The van der Waals surface area contributed by atoms with E-state index in [0.717, 1.165) is 60.9 Å². The fraction of sp³-hybridized carbons (Fsp3) is 0.296. The zero-order chi connectivity index (χ0) is 23.3. The van der Waals surface area contributed by atoms with Gasteiger partial charge in [0.2, 0.25) is 0 Å². The summed E-state index contributed by atoms with van der Waals surface area (Å²) in [5.74, 6) is 0.428. The van der Waals surface area contributed by atoms with Gasteiger partial charge in [0.1, 0.15) is 11.6 Å². The molecule has 0 radical (unpaired) electrons. The number of ether oxygens (including phenoxy) is 1. The quantitative estimate of drug-likeness (QED) is 0.148. The van der Waals surface area contributed by atoms with Crippen molar-refractivity contribution in [1.29, 1.82) is 0 Å². The first-order chi connectivity index (χ1) is 16.2. The molecule has 0 aliphatic heterocycles. The Balaban J connectivity index is 1.52. The predicted octanol–water partition coefficient (Wildman–Crippen LogP) is 5.04. The molecule has 6 heteroatoms. The van der Waals surface area contributed by atoms with Crippen molar-refractivity contribution < 1.29 is 19.1 Å². The van der Waals surface area contributed by atoms with E-state index < -0.39 is 5.91 Å². The second-order valence-corrected chi connectivity index (χ2v) is 8.04. The summed E-state index contributed by atoms with van der Waals surface area (Å²) in [6.07, 6.45) is 6.50. The van der Waals surface area contributed by atoms with E-state index in [-0.39, 0.29) is 11.7 Å². The van der Waals surface area contributed by atoms with E-state index in [0.29, 0.717) is 6.61 Å². The van der Waals surface area contributed by atoms with Crippen molar-refractivity contribution in [2.75, 3.05) is 19.7 Å². The number of hydroxylamine groups is 1. The normalized spacial score (nSPS) is 12.2. The van der Waals surface area contributed by atoms with E-state index >= 15 is 0 Å². The second-order valence-electron chi connectivity index (χ2n) is 8.04. The summed E-state index contributed by atoms with van der Waals surface area (Å²) in [4.78, 5) is 11.1. The topological polar surface area (TPSA) is 70.6 Å². The van der Waals surface area contributed by atoms with Crippen LogP contribution in [-0.4, -0.2) is 30.8 Å². The van der Waals surface area contributed by atoms with Gasteiger partial charge in [0, 0.05) is 23.9 Å². The van der Waals surface area contributed by atoms with Crippen molar-refractivity contribution in [1.82, 2.24) is 10.8 Å². The molecule has 3 aromatic carbocycles. The SMILES string of the molecule is O=C(/C=C\CCCC(CNCCc1ccc(F)cc1)COc1cccc2ccccc12)NO. The smallest absolute Gasteiger partial charge is 0.267 e. The Kier molecular flexibility index (Phi) is 9.88. The van der Waals surface area contributed by atoms with Crippen LogP contribution in [0.2, 0.25) is 0 Å². The predicted molar refractivity (Wildman–Crippen MR) is 129 cm³/mol. The second kappa shape index (κ2) is 13.4. The molecule has 174 valence electrons. The minimum Gasteiger partial charge on any atom is -0.493 e. The van der Waals surface area contributed by atoms with E-state index in [2.05, 4.69) is 23.5 Å². The Hall–Kier alpha value is -3.22. The number of allylic oxidation sites excluding steroid dienone is 1. The van der Waals surface area contributed by atoms with Crippen molar-refractivity contribution in [2.45, 2.75) is 25.7 Å². The summed E-state index contributed by atoms with van der Waals surface area (Å²) in [6.45, 7) is 2.18. The van der Waals surface area contributed by atoms with Crippen molar-refractivity contribution in [3.05, 3.63) is 90.3 Å². The third-order valence-corrected chi connectivity index (χ3v) is 5.52. The lowest BCUT2D eigenvalue weighted by atomic mass is 10.0. The van der Waals surface area contributed by atoms with E-state index in [4.69, 9.17) is 9.94 Å². The standard InChI is InChI=1S/C27H31FN2O3/c28-24-15-13-21(14-16-24)17-18-29-19-22(7-2-1-3-12-27(31)30-32)20-33-26-11-6-9-23-8-4-5-10-25(23)26/h3-6,8-16,22,29,32H,1-2,7,17-20H2,(H,30,31)/b12-3-. The van der Waals surface area contributed by atoms with Crippen molar-refractivity contribution in [3.63, 3.8) is 0 Å². The van der Waals surface area contributed by atoms with Crippen LogP contribution in [0.4, 0.5) is 4.39 Å². The monoisotopic (exact) mass is 450 g/mol. The molecule has 0 bridgehead atoms. The Morgan fingerprint density at radius 3 is 2.67 bits per heavy atom. The van der Waals surface area contributed by atoms with E-state index in [1.54, 1.807) is 11.6 Å². The van der Waals surface area contributed by atoms with Crippen LogP contribution >= 0.6 is 0 Å². The van der Waals surface area contributed by atoms with Crippen LogP contribution in [0.5, 0.6) is 5.75 Å². The van der Waals surface area contributed by atoms with Gasteiger partial charge in [-0.3, -0.25) is 10.0 Å². The fourth-order valence-electron chi connectivity index (χ4n) is 3.72. The number of fused-ring (bicyclic) bond motifs is 1. The molecule has 0 spiro atoms. The molecular weight excluding hydrogens is 419 g/mol. The first-order valence-electron chi connectivity index (χ1n) is 11.3. The Bertz CT molecular complexity index is 1030. The van der Waals surface area contributed by atoms with Crippen LogP contribution in [-0.2, 0) is 11.2 Å². The number of halogens is 1. The molecule has 33 heavy (non-hydrogen) atoms. The Morgan fingerprint density at radius 2 is 1.85 bits per heavy atom. The van der Waals surface area contributed by atoms with E-state index in [1.807, 2.05) is 36.4 Å². The molecular formula is C27H31FN2O3. The number of hydrogen-bond donors (Lipinski definition) is 3. The third-order valence-electron chi connectivity index (χ3n) is 5.52. The molecule has 0 aliphatic carbocycles. The lowest BCUT2D eigenvalue weighted by Crippen LogP contribution is -2.28. The van der Waals surface area contributed by atoms with Gasteiger partial charge in [-0.1, -0.05) is 54.6 Å². The maximum Gasteiger partial charge on any atom is 0.267 e. The third kappa shape index (κ3) is 8.33. The lowest BCUT2D eigenvalue weighted by molar-refractivity contribution is -0.124. The molecule has 5 nitrogen and oxygen atoms in total. The minimum absolute atomic E-state index is 0.220. The van der Waals surface area contributed by atoms with Gasteiger partial charge in [0.15, 0.2) is 0 Å². The van der Waals surface area contributed by atoms with E-state index in [9.17, 15) is 9.18 Å². The van der Waals surface area contributed by atoms with Crippen molar-refractivity contribution in [3.8, 4) is 5.75 Å². The first kappa shape index (κ1) is 24.4. The minimum atomic E-state index is -0.520. The van der Waals surface area contributed by atoms with Crippen molar-refractivity contribution >= 4 is 16.7 Å². The summed E-state index contributed by atoms with van der Waals surface area (Å²) >= 11 is 0. The molecule has 1 atom stereocenters. The average Bonchev–Trinajstić information content (AvgIpc) is 2.85. The highest BCUT2D eigenvalue weighted by molar-refractivity contribution is 5.88. The number of carbonyl (C=O) groups is 1. The highest BCUT2D eigenvalue weighted by atomic mass is 19.1. The number of carbonyl (C=O) groups excluding carboxylic acids is 1. The molecule has 3 aromatic rings. The van der Waals surface area contributed by atoms with Crippen LogP contribution < -0.4 is 15.5 Å². The number of benzene rings is 3. The molecule has 0 heterocycles. The van der Waals surface area contributed by atoms with Crippen LogP contribution in [0.25, 0.3) is 10.8 Å². The van der Waals surface area contributed by atoms with Crippen LogP contribution in [0.3, 0.4) is 0 Å². The average molecular weight is 451 g/mol. The van der Waals surface area contributed by atoms with Gasteiger partial charge in [-0.15, -0.1) is 0 Å². The summed E-state index contributed by atoms with van der Waals surface area (Å²) in [7, 11) is 0. The maximum absolute atomic E-state index is 13.1. The summed E-state index contributed by atoms with van der Waals surface area (Å²) in [6, 6.07) is 20.8. The first-order valence-corrected chi connectivity index (χ1v) is 11.3. The maximum atomic E-state index is 13.1. The molecule has 3 N–H and O–H groups in total. The number of rotatable bonds is 13. The van der Waals surface area contributed by atoms with Gasteiger partial charge < -0.3 is 10.1 Å². The van der Waals surface area contributed by atoms with Gasteiger partial charge >= 0.3 is 0 Å². The highest BCUT2D eigenvalue weighted by Gasteiger charge is 2.11. The highest BCUT2D eigenvalue weighted by Crippen LogP contribution is 2.26. The number of nitrogens with one attached hydrogen (secondary N) is 2. The van der Waals surface area contributed by atoms with Crippen LogP contribution in [0.1, 0.15) is 24.8 Å². The molecule has 1 unspecified atom stereocenters. The van der Waals surface area contributed by atoms with Gasteiger partial charge in [-0.05, 0) is 61.4 Å². The number of hydrogen-bond acceptors (Lipinski definition) is 4. The molecule has 0 aliphatic rings. The molecule has 1 amide bonds. The number of unbranched alkanes of at least 4 members (excludes halogenated alkanes) is 1. The molecule has 0 fully saturated rings. The largest absolute Gasteiger partial charge is 0.493 e. The van der Waals surface area contributed by atoms with Gasteiger partial charge in [0.05, 0.1) is 6.61 Å². The van der Waals surface area contributed by atoms with Gasteiger partial charge in [-0.2, -0.15) is 0 Å². The van der Waals surface area contributed by atoms with Crippen LogP contribution in [0, 0.1) is 11.7 Å². The summed E-state index contributed by atoms with van der Waals surface area (Å²) < 4.78 is 19.3. The molecule has 0 aromatic heterocycles. The number of amides is 1. The lowest BCUT2D eigenvalue weighted by Gasteiger charge is -2.19. The van der Waals surface area contributed by atoms with Crippen LogP contribution in [0.15, 0.2) is 78.9 Å². The zero-order valence-electron chi connectivity index (χ0n) is 18.7.